The molecule has 1 aliphatic heterocycles. The Hall–Kier alpha value is -1.42. The molecule has 0 saturated heterocycles. The highest BCUT2D eigenvalue weighted by molar-refractivity contribution is 8.01. The van der Waals surface area contributed by atoms with Gasteiger partial charge >= 0.3 is 5.97 Å². The minimum absolute atomic E-state index is 0.128. The number of carboxylic acid groups (broad SMARTS) is 1. The van der Waals surface area contributed by atoms with Crippen LogP contribution in [0.2, 0.25) is 0 Å². The van der Waals surface area contributed by atoms with Crippen LogP contribution in [0, 0.1) is 0 Å². The second kappa shape index (κ2) is 4.11. The molecule has 4 heteroatoms. The summed E-state index contributed by atoms with van der Waals surface area (Å²) >= 11 is 1.44. The zero-order valence-corrected chi connectivity index (χ0v) is 10.00. The van der Waals surface area contributed by atoms with E-state index >= 15 is 0 Å². The van der Waals surface area contributed by atoms with Crippen LogP contribution in [0.15, 0.2) is 24.3 Å². The van der Waals surface area contributed by atoms with Gasteiger partial charge in [-0.3, -0.25) is 4.79 Å². The first-order chi connectivity index (χ1) is 8.25. The third-order valence-electron chi connectivity index (χ3n) is 3.09. The van der Waals surface area contributed by atoms with Crippen molar-refractivity contribution in [1.82, 2.24) is 0 Å². The zero-order chi connectivity index (χ0) is 11.8. The van der Waals surface area contributed by atoms with Gasteiger partial charge in [-0.2, -0.15) is 0 Å². The van der Waals surface area contributed by atoms with Crippen molar-refractivity contribution in [1.29, 1.82) is 0 Å². The molecule has 2 aliphatic rings. The molecule has 17 heavy (non-hydrogen) atoms. The smallest absolute Gasteiger partial charge is 0.313 e. The maximum absolute atomic E-state index is 10.6. The Morgan fingerprint density at radius 2 is 2.41 bits per heavy atom. The zero-order valence-electron chi connectivity index (χ0n) is 9.18. The number of allylic oxidation sites excluding steroid dienone is 1. The average Bonchev–Trinajstić information content (AvgIpc) is 2.75. The van der Waals surface area contributed by atoms with Crippen molar-refractivity contribution in [2.45, 2.75) is 11.7 Å². The molecule has 1 atom stereocenters. The predicted molar refractivity (Wildman–Crippen MR) is 67.5 cm³/mol. The SMILES string of the molecule is O=C(O)CSC1COc2cccc3c2C1=CC3. The van der Waals surface area contributed by atoms with Gasteiger partial charge in [0.25, 0.3) is 0 Å². The molecular formula is C13H12O3S. The first kappa shape index (κ1) is 10.7. The van der Waals surface area contributed by atoms with Gasteiger partial charge in [-0.05, 0) is 23.6 Å². The molecule has 1 aromatic rings. The van der Waals surface area contributed by atoms with Crippen LogP contribution in [0.3, 0.4) is 0 Å². The van der Waals surface area contributed by atoms with Crippen molar-refractivity contribution < 1.29 is 14.6 Å². The fraction of sp³-hybridized carbons (Fsp3) is 0.308. The van der Waals surface area contributed by atoms with E-state index in [4.69, 9.17) is 9.84 Å². The van der Waals surface area contributed by atoms with Gasteiger partial charge < -0.3 is 9.84 Å². The van der Waals surface area contributed by atoms with Gasteiger partial charge in [-0.15, -0.1) is 11.8 Å². The molecular weight excluding hydrogens is 236 g/mol. The largest absolute Gasteiger partial charge is 0.491 e. The van der Waals surface area contributed by atoms with E-state index in [1.165, 1.54) is 28.5 Å². The molecule has 3 rings (SSSR count). The topological polar surface area (TPSA) is 46.5 Å². The molecule has 1 unspecified atom stereocenters. The van der Waals surface area contributed by atoms with Gasteiger partial charge in [0.2, 0.25) is 0 Å². The standard InChI is InChI=1S/C13H12O3S/c14-12(15)7-17-11-6-16-10-3-1-2-8-4-5-9(11)13(8)10/h1-3,5,11H,4,6-7H2,(H,14,15). The van der Waals surface area contributed by atoms with Gasteiger partial charge in [0.15, 0.2) is 0 Å². The summed E-state index contributed by atoms with van der Waals surface area (Å²) < 4.78 is 5.71. The second-order valence-corrected chi connectivity index (χ2v) is 5.35. The molecule has 88 valence electrons. The van der Waals surface area contributed by atoms with Crippen LogP contribution < -0.4 is 4.74 Å². The number of aliphatic carboxylic acids is 1. The molecule has 0 bridgehead atoms. The Balaban J connectivity index is 1.88. The Labute approximate surface area is 103 Å². The van der Waals surface area contributed by atoms with Crippen molar-refractivity contribution in [3.8, 4) is 5.75 Å². The highest BCUT2D eigenvalue weighted by Gasteiger charge is 2.30. The first-order valence-corrected chi connectivity index (χ1v) is 6.59. The Kier molecular flexibility index (Phi) is 2.59. The molecule has 1 N–H and O–H groups in total. The van der Waals surface area contributed by atoms with Crippen molar-refractivity contribution in [2.75, 3.05) is 12.4 Å². The molecule has 1 aliphatic carbocycles. The Bertz CT molecular complexity index is 507. The van der Waals surface area contributed by atoms with Crippen molar-refractivity contribution >= 4 is 23.3 Å². The minimum atomic E-state index is -0.771. The van der Waals surface area contributed by atoms with E-state index in [9.17, 15) is 4.79 Å². The molecule has 0 fully saturated rings. The maximum Gasteiger partial charge on any atom is 0.313 e. The van der Waals surface area contributed by atoms with E-state index in [0.717, 1.165) is 12.2 Å². The number of rotatable bonds is 3. The van der Waals surface area contributed by atoms with E-state index in [2.05, 4.69) is 12.1 Å². The van der Waals surface area contributed by atoms with Crippen molar-refractivity contribution in [2.24, 2.45) is 0 Å². The quantitative estimate of drug-likeness (QED) is 0.890. The Morgan fingerprint density at radius 1 is 1.53 bits per heavy atom. The number of thioether (sulfide) groups is 1. The van der Waals surface area contributed by atoms with Crippen LogP contribution in [0.25, 0.3) is 5.57 Å². The Morgan fingerprint density at radius 3 is 3.24 bits per heavy atom. The van der Waals surface area contributed by atoms with E-state index < -0.39 is 5.97 Å². The number of hydrogen-bond donors (Lipinski definition) is 1. The fourth-order valence-electron chi connectivity index (χ4n) is 2.37. The number of carbonyl (C=O) groups is 1. The molecule has 3 nitrogen and oxygen atoms in total. The van der Waals surface area contributed by atoms with Gasteiger partial charge in [0, 0.05) is 5.56 Å². The molecule has 0 saturated carbocycles. The van der Waals surface area contributed by atoms with E-state index in [-0.39, 0.29) is 11.0 Å². The van der Waals surface area contributed by atoms with Crippen LogP contribution in [0.4, 0.5) is 0 Å². The third-order valence-corrected chi connectivity index (χ3v) is 4.29. The normalized spacial score (nSPS) is 20.5. The van der Waals surface area contributed by atoms with Gasteiger partial charge in [-0.1, -0.05) is 18.2 Å². The summed E-state index contributed by atoms with van der Waals surface area (Å²) in [5.41, 5.74) is 3.74. The molecule has 1 aromatic carbocycles. The lowest BCUT2D eigenvalue weighted by Gasteiger charge is -2.26. The van der Waals surface area contributed by atoms with Crippen LogP contribution in [0.1, 0.15) is 11.1 Å². The summed E-state index contributed by atoms with van der Waals surface area (Å²) in [7, 11) is 0. The number of carboxylic acids is 1. The van der Waals surface area contributed by atoms with E-state index in [0.29, 0.717) is 6.61 Å². The molecule has 0 aromatic heterocycles. The van der Waals surface area contributed by atoms with Crippen LogP contribution in [0.5, 0.6) is 5.75 Å². The summed E-state index contributed by atoms with van der Waals surface area (Å²) in [6.07, 6.45) is 3.14. The lowest BCUT2D eigenvalue weighted by atomic mass is 10.0. The van der Waals surface area contributed by atoms with Gasteiger partial charge in [0.1, 0.15) is 12.4 Å². The molecule has 0 amide bonds. The van der Waals surface area contributed by atoms with Crippen LogP contribution in [-0.2, 0) is 11.2 Å². The van der Waals surface area contributed by atoms with Crippen LogP contribution in [-0.4, -0.2) is 28.7 Å². The summed E-state index contributed by atoms with van der Waals surface area (Å²) in [6.45, 7) is 0.570. The lowest BCUT2D eigenvalue weighted by molar-refractivity contribution is -0.133. The van der Waals surface area contributed by atoms with Gasteiger partial charge in [0.05, 0.1) is 11.0 Å². The fourth-order valence-corrected chi connectivity index (χ4v) is 3.28. The lowest BCUT2D eigenvalue weighted by Crippen LogP contribution is -2.23. The number of hydrogen-bond acceptors (Lipinski definition) is 3. The van der Waals surface area contributed by atoms with Crippen molar-refractivity contribution in [3.05, 3.63) is 35.4 Å². The number of benzene rings is 1. The van der Waals surface area contributed by atoms with E-state index in [1.807, 2.05) is 12.1 Å². The van der Waals surface area contributed by atoms with Gasteiger partial charge in [-0.25, -0.2) is 0 Å². The first-order valence-electron chi connectivity index (χ1n) is 5.54. The monoisotopic (exact) mass is 248 g/mol. The second-order valence-electron chi connectivity index (χ2n) is 4.16. The molecule has 0 radical (unpaired) electrons. The highest BCUT2D eigenvalue weighted by Crippen LogP contribution is 2.43. The number of ether oxygens (including phenoxy) is 1. The summed E-state index contributed by atoms with van der Waals surface area (Å²) in [5.74, 6) is 0.300. The summed E-state index contributed by atoms with van der Waals surface area (Å²) in [4.78, 5) is 10.6. The molecule has 0 spiro atoms. The molecule has 1 heterocycles. The highest BCUT2D eigenvalue weighted by atomic mass is 32.2. The van der Waals surface area contributed by atoms with E-state index in [1.54, 1.807) is 0 Å². The third kappa shape index (κ3) is 1.82. The maximum atomic E-state index is 10.6. The van der Waals surface area contributed by atoms with Crippen molar-refractivity contribution in [3.63, 3.8) is 0 Å². The van der Waals surface area contributed by atoms with Crippen LogP contribution >= 0.6 is 11.8 Å². The minimum Gasteiger partial charge on any atom is -0.491 e. The summed E-state index contributed by atoms with van der Waals surface area (Å²) in [6, 6.07) is 6.10. The predicted octanol–water partition coefficient (Wildman–Crippen LogP) is 2.20. The average molecular weight is 248 g/mol. The summed E-state index contributed by atoms with van der Waals surface area (Å²) in [5, 5.41) is 8.89.